The number of aromatic amines is 1. The number of aldehydes is 1. The lowest BCUT2D eigenvalue weighted by Crippen LogP contribution is -1.77. The second kappa shape index (κ2) is 2.91. The van der Waals surface area contributed by atoms with Gasteiger partial charge in [-0.15, -0.1) is 11.3 Å². The zero-order valence-corrected chi connectivity index (χ0v) is 6.97. The molecule has 0 spiro atoms. The fourth-order valence-electron chi connectivity index (χ4n) is 0.934. The van der Waals surface area contributed by atoms with E-state index in [-0.39, 0.29) is 0 Å². The van der Waals surface area contributed by atoms with Gasteiger partial charge >= 0.3 is 0 Å². The van der Waals surface area contributed by atoms with Crippen LogP contribution in [0.5, 0.6) is 0 Å². The van der Waals surface area contributed by atoms with Crippen molar-refractivity contribution >= 4 is 17.6 Å². The minimum absolute atomic E-state index is 0.512. The third kappa shape index (κ3) is 1.16. The molecule has 0 saturated carbocycles. The van der Waals surface area contributed by atoms with Gasteiger partial charge in [0.15, 0.2) is 6.29 Å². The summed E-state index contributed by atoms with van der Waals surface area (Å²) in [4.78, 5) is 18.3. The van der Waals surface area contributed by atoms with Gasteiger partial charge in [0, 0.05) is 0 Å². The Morgan fingerprint density at radius 3 is 3.08 bits per heavy atom. The van der Waals surface area contributed by atoms with Crippen LogP contribution in [0.2, 0.25) is 0 Å². The number of hydrogen-bond donors (Lipinski definition) is 1. The second-order valence-electron chi connectivity index (χ2n) is 2.28. The highest BCUT2D eigenvalue weighted by Crippen LogP contribution is 2.20. The quantitative estimate of drug-likeness (QED) is 0.714. The summed E-state index contributed by atoms with van der Waals surface area (Å²) >= 11 is 1.59. The second-order valence-corrected chi connectivity index (χ2v) is 3.23. The molecule has 12 heavy (non-hydrogen) atoms. The fraction of sp³-hybridized carbons (Fsp3) is 0. The summed E-state index contributed by atoms with van der Waals surface area (Å²) in [7, 11) is 0. The van der Waals surface area contributed by atoms with Gasteiger partial charge in [-0.25, -0.2) is 4.98 Å². The standard InChI is InChI=1S/C8H6N2OS/c11-5-6-4-9-8(10-6)7-2-1-3-12-7/h1-5H,(H,9,10). The molecule has 3 nitrogen and oxygen atoms in total. The molecule has 2 rings (SSSR count). The van der Waals surface area contributed by atoms with E-state index in [2.05, 4.69) is 9.97 Å². The first-order valence-corrected chi connectivity index (χ1v) is 4.32. The maximum Gasteiger partial charge on any atom is 0.167 e. The smallest absolute Gasteiger partial charge is 0.167 e. The summed E-state index contributed by atoms with van der Waals surface area (Å²) in [5.74, 6) is 0.757. The van der Waals surface area contributed by atoms with Gasteiger partial charge in [-0.3, -0.25) is 4.79 Å². The molecule has 4 heteroatoms. The van der Waals surface area contributed by atoms with Crippen LogP contribution < -0.4 is 0 Å². The molecular formula is C8H6N2OS. The molecule has 0 fully saturated rings. The van der Waals surface area contributed by atoms with Crippen molar-refractivity contribution in [2.75, 3.05) is 0 Å². The van der Waals surface area contributed by atoms with Crippen molar-refractivity contribution in [1.29, 1.82) is 0 Å². The Morgan fingerprint density at radius 1 is 1.58 bits per heavy atom. The molecule has 0 saturated heterocycles. The van der Waals surface area contributed by atoms with Crippen LogP contribution in [0.15, 0.2) is 23.7 Å². The molecule has 0 unspecified atom stereocenters. The van der Waals surface area contributed by atoms with E-state index in [0.717, 1.165) is 17.0 Å². The monoisotopic (exact) mass is 178 g/mol. The largest absolute Gasteiger partial charge is 0.335 e. The first-order chi connectivity index (χ1) is 5.90. The van der Waals surface area contributed by atoms with E-state index in [1.165, 1.54) is 6.20 Å². The molecule has 2 heterocycles. The van der Waals surface area contributed by atoms with Crippen LogP contribution in [0.4, 0.5) is 0 Å². The number of nitrogens with one attached hydrogen (secondary N) is 1. The Bertz CT molecular complexity index is 377. The molecule has 0 radical (unpaired) electrons. The maximum absolute atomic E-state index is 10.3. The molecule has 0 aliphatic heterocycles. The highest BCUT2D eigenvalue weighted by Gasteiger charge is 2.02. The van der Waals surface area contributed by atoms with E-state index < -0.39 is 0 Å². The van der Waals surface area contributed by atoms with Crippen LogP contribution in [-0.2, 0) is 0 Å². The van der Waals surface area contributed by atoms with Crippen LogP contribution in [0.3, 0.4) is 0 Å². The van der Waals surface area contributed by atoms with Crippen molar-refractivity contribution in [3.63, 3.8) is 0 Å². The number of carbonyl (C=O) groups is 1. The van der Waals surface area contributed by atoms with Crippen LogP contribution in [0.1, 0.15) is 10.5 Å². The van der Waals surface area contributed by atoms with E-state index in [9.17, 15) is 4.79 Å². The van der Waals surface area contributed by atoms with Gasteiger partial charge in [0.1, 0.15) is 5.82 Å². The lowest BCUT2D eigenvalue weighted by molar-refractivity contribution is 0.111. The zero-order valence-electron chi connectivity index (χ0n) is 6.15. The predicted octanol–water partition coefficient (Wildman–Crippen LogP) is 1.95. The highest BCUT2D eigenvalue weighted by molar-refractivity contribution is 7.13. The average molecular weight is 178 g/mol. The summed E-state index contributed by atoms with van der Waals surface area (Å²) in [6, 6.07) is 3.90. The van der Waals surface area contributed by atoms with Gasteiger partial charge in [0.25, 0.3) is 0 Å². The van der Waals surface area contributed by atoms with Crippen molar-refractivity contribution in [1.82, 2.24) is 9.97 Å². The minimum Gasteiger partial charge on any atom is -0.335 e. The Labute approximate surface area is 73.1 Å². The van der Waals surface area contributed by atoms with Crippen LogP contribution in [0, 0.1) is 0 Å². The number of imidazole rings is 1. The van der Waals surface area contributed by atoms with E-state index in [1.807, 2.05) is 17.5 Å². The first-order valence-electron chi connectivity index (χ1n) is 3.44. The van der Waals surface area contributed by atoms with Crippen LogP contribution in [0.25, 0.3) is 10.7 Å². The molecule has 2 aromatic rings. The minimum atomic E-state index is 0.512. The summed E-state index contributed by atoms with van der Waals surface area (Å²) in [6.07, 6.45) is 2.28. The average Bonchev–Trinajstić information content (AvgIpc) is 2.75. The van der Waals surface area contributed by atoms with Crippen LogP contribution >= 0.6 is 11.3 Å². The van der Waals surface area contributed by atoms with E-state index >= 15 is 0 Å². The van der Waals surface area contributed by atoms with Gasteiger partial charge in [-0.1, -0.05) is 6.07 Å². The lowest BCUT2D eigenvalue weighted by Gasteiger charge is -1.86. The molecule has 0 atom stereocenters. The molecule has 0 amide bonds. The van der Waals surface area contributed by atoms with Crippen molar-refractivity contribution in [2.45, 2.75) is 0 Å². The maximum atomic E-state index is 10.3. The molecule has 1 N–H and O–H groups in total. The molecule has 0 bridgehead atoms. The molecule has 0 aromatic carbocycles. The Hall–Kier alpha value is -1.42. The van der Waals surface area contributed by atoms with E-state index in [4.69, 9.17) is 0 Å². The number of hydrogen-bond acceptors (Lipinski definition) is 3. The third-order valence-corrected chi connectivity index (χ3v) is 2.35. The van der Waals surface area contributed by atoms with Crippen molar-refractivity contribution in [3.05, 3.63) is 29.4 Å². The number of H-pyrrole nitrogens is 1. The van der Waals surface area contributed by atoms with Gasteiger partial charge < -0.3 is 4.98 Å². The highest BCUT2D eigenvalue weighted by atomic mass is 32.1. The molecule has 0 aliphatic carbocycles. The number of nitrogens with zero attached hydrogens (tertiary/aromatic N) is 1. The van der Waals surface area contributed by atoms with E-state index in [1.54, 1.807) is 11.3 Å². The zero-order chi connectivity index (χ0) is 8.39. The third-order valence-electron chi connectivity index (χ3n) is 1.48. The molecule has 60 valence electrons. The number of rotatable bonds is 2. The summed E-state index contributed by atoms with van der Waals surface area (Å²) in [5.41, 5.74) is 0.512. The van der Waals surface area contributed by atoms with Gasteiger partial charge in [-0.2, -0.15) is 0 Å². The number of thiophene rings is 1. The normalized spacial score (nSPS) is 10.0. The van der Waals surface area contributed by atoms with Crippen molar-refractivity contribution in [3.8, 4) is 10.7 Å². The Kier molecular flexibility index (Phi) is 1.75. The first kappa shape index (κ1) is 7.24. The van der Waals surface area contributed by atoms with Gasteiger partial charge in [0.2, 0.25) is 0 Å². The van der Waals surface area contributed by atoms with E-state index in [0.29, 0.717) is 5.69 Å². The predicted molar refractivity (Wildman–Crippen MR) is 47.3 cm³/mol. The van der Waals surface area contributed by atoms with Crippen molar-refractivity contribution in [2.24, 2.45) is 0 Å². The topological polar surface area (TPSA) is 45.8 Å². The molecular weight excluding hydrogens is 172 g/mol. The Morgan fingerprint density at radius 2 is 2.50 bits per heavy atom. The van der Waals surface area contributed by atoms with Gasteiger partial charge in [0.05, 0.1) is 16.8 Å². The van der Waals surface area contributed by atoms with Gasteiger partial charge in [-0.05, 0) is 11.4 Å². The lowest BCUT2D eigenvalue weighted by atomic mass is 10.4. The summed E-state index contributed by atoms with van der Waals surface area (Å²) in [6.45, 7) is 0. The molecule has 2 aromatic heterocycles. The number of carbonyl (C=O) groups excluding carboxylic acids is 1. The fourth-order valence-corrected chi connectivity index (χ4v) is 1.61. The number of aromatic nitrogens is 2. The molecule has 0 aliphatic rings. The van der Waals surface area contributed by atoms with Crippen molar-refractivity contribution < 1.29 is 4.79 Å². The SMILES string of the molecule is O=Cc1cnc(-c2cccs2)[nH]1. The summed E-state index contributed by atoms with van der Waals surface area (Å²) in [5, 5.41) is 1.97. The van der Waals surface area contributed by atoms with Crippen LogP contribution in [-0.4, -0.2) is 16.3 Å². The Balaban J connectivity index is 2.41. The summed E-state index contributed by atoms with van der Waals surface area (Å²) < 4.78 is 0.